The highest BCUT2D eigenvalue weighted by atomic mass is 32.1. The van der Waals surface area contributed by atoms with Gasteiger partial charge in [0.2, 0.25) is 0 Å². The summed E-state index contributed by atoms with van der Waals surface area (Å²) in [6.45, 7) is 3.76. The van der Waals surface area contributed by atoms with Gasteiger partial charge in [-0.2, -0.15) is 4.99 Å². The monoisotopic (exact) mass is 267 g/mol. The largest absolute Gasteiger partial charge is 0.457 e. The maximum Gasteiger partial charge on any atom is 0.133 e. The molecular formula is C16H13NOS. The standard InChI is InChI=1S/C16H13NOS/c1-2-7-14-15(17-12-19)10-6-11-16(14)18-13-8-4-3-5-9-13/h2-6,8-11H,1,7H2. The second-order valence-corrected chi connectivity index (χ2v) is 4.05. The molecule has 0 bridgehead atoms. The van der Waals surface area contributed by atoms with E-state index in [4.69, 9.17) is 4.74 Å². The van der Waals surface area contributed by atoms with Crippen LogP contribution < -0.4 is 4.74 Å². The van der Waals surface area contributed by atoms with E-state index in [1.54, 1.807) is 0 Å². The van der Waals surface area contributed by atoms with E-state index in [0.29, 0.717) is 6.42 Å². The van der Waals surface area contributed by atoms with Crippen LogP contribution in [0.3, 0.4) is 0 Å². The highest BCUT2D eigenvalue weighted by Gasteiger charge is 2.08. The normalized spacial score (nSPS) is 9.47. The van der Waals surface area contributed by atoms with Crippen LogP contribution in [0.15, 0.2) is 66.2 Å². The van der Waals surface area contributed by atoms with Gasteiger partial charge in [0, 0.05) is 5.56 Å². The van der Waals surface area contributed by atoms with Gasteiger partial charge in [0.25, 0.3) is 0 Å². The van der Waals surface area contributed by atoms with Gasteiger partial charge in [-0.05, 0) is 42.9 Å². The first-order valence-electron chi connectivity index (χ1n) is 5.88. The summed E-state index contributed by atoms with van der Waals surface area (Å²) in [5.74, 6) is 1.55. The predicted molar refractivity (Wildman–Crippen MR) is 81.5 cm³/mol. The van der Waals surface area contributed by atoms with Crippen molar-refractivity contribution in [1.29, 1.82) is 0 Å². The molecule has 0 radical (unpaired) electrons. The van der Waals surface area contributed by atoms with Crippen molar-refractivity contribution in [3.05, 3.63) is 66.7 Å². The van der Waals surface area contributed by atoms with E-state index in [0.717, 1.165) is 22.7 Å². The summed E-state index contributed by atoms with van der Waals surface area (Å²) in [5.41, 5.74) is 1.72. The Bertz CT molecular complexity index is 616. The maximum absolute atomic E-state index is 5.88. The third-order valence-electron chi connectivity index (χ3n) is 2.59. The minimum absolute atomic E-state index is 0.666. The van der Waals surface area contributed by atoms with Crippen molar-refractivity contribution < 1.29 is 4.74 Å². The summed E-state index contributed by atoms with van der Waals surface area (Å²) in [7, 11) is 0. The zero-order valence-electron chi connectivity index (χ0n) is 10.4. The average molecular weight is 267 g/mol. The first-order valence-corrected chi connectivity index (χ1v) is 6.29. The Labute approximate surface area is 118 Å². The number of para-hydroxylation sites is 1. The third-order valence-corrected chi connectivity index (χ3v) is 2.69. The average Bonchev–Trinajstić information content (AvgIpc) is 2.44. The molecule has 0 saturated heterocycles. The van der Waals surface area contributed by atoms with Gasteiger partial charge in [-0.1, -0.05) is 30.3 Å². The van der Waals surface area contributed by atoms with Crippen LogP contribution in [0.2, 0.25) is 0 Å². The lowest BCUT2D eigenvalue weighted by Crippen LogP contribution is -1.91. The molecule has 0 heterocycles. The zero-order valence-corrected chi connectivity index (χ0v) is 11.2. The van der Waals surface area contributed by atoms with E-state index in [1.807, 2.05) is 54.6 Å². The summed E-state index contributed by atoms with van der Waals surface area (Å²) < 4.78 is 5.88. The molecule has 3 heteroatoms. The van der Waals surface area contributed by atoms with Crippen LogP contribution in [0.4, 0.5) is 5.69 Å². The molecule has 2 aromatic rings. The molecule has 0 atom stereocenters. The highest BCUT2D eigenvalue weighted by molar-refractivity contribution is 7.78. The summed E-state index contributed by atoms with van der Waals surface area (Å²) in [6.07, 6.45) is 2.48. The number of thiocarbonyl (C=S) groups is 1. The van der Waals surface area contributed by atoms with Crippen molar-refractivity contribution in [2.45, 2.75) is 6.42 Å². The van der Waals surface area contributed by atoms with E-state index < -0.39 is 0 Å². The molecule has 2 rings (SSSR count). The summed E-state index contributed by atoms with van der Waals surface area (Å²) in [6, 6.07) is 15.3. The van der Waals surface area contributed by atoms with E-state index >= 15 is 0 Å². The van der Waals surface area contributed by atoms with Crippen molar-refractivity contribution in [3.8, 4) is 11.5 Å². The smallest absolute Gasteiger partial charge is 0.133 e. The number of nitrogens with zero attached hydrogens (tertiary/aromatic N) is 1. The summed E-state index contributed by atoms with van der Waals surface area (Å²) in [4.78, 5) is 4.06. The van der Waals surface area contributed by atoms with E-state index in [9.17, 15) is 0 Å². The molecule has 0 aliphatic heterocycles. The van der Waals surface area contributed by atoms with Crippen molar-refractivity contribution in [1.82, 2.24) is 0 Å². The van der Waals surface area contributed by atoms with Crippen molar-refractivity contribution in [2.75, 3.05) is 0 Å². The Morgan fingerprint density at radius 3 is 2.63 bits per heavy atom. The zero-order chi connectivity index (χ0) is 13.5. The van der Waals surface area contributed by atoms with Gasteiger partial charge in [-0.15, -0.1) is 6.58 Å². The fourth-order valence-electron chi connectivity index (χ4n) is 1.77. The Morgan fingerprint density at radius 1 is 1.16 bits per heavy atom. The SMILES string of the molecule is C=CCc1c(N=C=S)cccc1Oc1ccccc1. The molecular weight excluding hydrogens is 254 g/mol. The van der Waals surface area contributed by atoms with Crippen LogP contribution in [0.5, 0.6) is 11.5 Å². The van der Waals surface area contributed by atoms with Gasteiger partial charge >= 0.3 is 0 Å². The molecule has 0 N–H and O–H groups in total. The molecule has 2 aromatic carbocycles. The number of hydrogen-bond donors (Lipinski definition) is 0. The summed E-state index contributed by atoms with van der Waals surface area (Å²) in [5, 5.41) is 2.39. The molecule has 0 aliphatic rings. The van der Waals surface area contributed by atoms with Crippen molar-refractivity contribution in [2.24, 2.45) is 4.99 Å². The minimum atomic E-state index is 0.666. The first kappa shape index (κ1) is 13.2. The number of ether oxygens (including phenoxy) is 1. The van der Waals surface area contributed by atoms with Gasteiger partial charge in [-0.25, -0.2) is 0 Å². The van der Waals surface area contributed by atoms with E-state index in [1.165, 1.54) is 0 Å². The minimum Gasteiger partial charge on any atom is -0.457 e. The molecule has 0 aliphatic carbocycles. The molecule has 19 heavy (non-hydrogen) atoms. The number of aliphatic imine (C=N–C) groups is 1. The van der Waals surface area contributed by atoms with Crippen LogP contribution in [0, 0.1) is 0 Å². The van der Waals surface area contributed by atoms with Crippen molar-refractivity contribution in [3.63, 3.8) is 0 Å². The third kappa shape index (κ3) is 3.38. The maximum atomic E-state index is 5.88. The highest BCUT2D eigenvalue weighted by Crippen LogP contribution is 2.32. The molecule has 0 saturated carbocycles. The number of hydrogen-bond acceptors (Lipinski definition) is 3. The van der Waals surface area contributed by atoms with Crippen molar-refractivity contribution >= 4 is 23.1 Å². The lowest BCUT2D eigenvalue weighted by Gasteiger charge is -2.11. The van der Waals surface area contributed by atoms with E-state index in [2.05, 4.69) is 29.0 Å². The van der Waals surface area contributed by atoms with Gasteiger partial charge in [0.1, 0.15) is 11.5 Å². The lowest BCUT2D eigenvalue weighted by atomic mass is 10.1. The van der Waals surface area contributed by atoms with E-state index in [-0.39, 0.29) is 0 Å². The second-order valence-electron chi connectivity index (χ2n) is 3.86. The Balaban J connectivity index is 2.41. The first-order chi connectivity index (χ1) is 9.35. The molecule has 2 nitrogen and oxygen atoms in total. The van der Waals surface area contributed by atoms with Crippen LogP contribution in [0.1, 0.15) is 5.56 Å². The van der Waals surface area contributed by atoms with Gasteiger partial charge in [0.15, 0.2) is 0 Å². The number of isothiocyanates is 1. The second kappa shape index (κ2) is 6.64. The van der Waals surface area contributed by atoms with Crippen LogP contribution in [0.25, 0.3) is 0 Å². The fourth-order valence-corrected chi connectivity index (χ4v) is 1.87. The quantitative estimate of drug-likeness (QED) is 0.434. The summed E-state index contributed by atoms with van der Waals surface area (Å²) >= 11 is 4.67. The number of rotatable bonds is 5. The number of benzene rings is 2. The lowest BCUT2D eigenvalue weighted by molar-refractivity contribution is 0.478. The Morgan fingerprint density at radius 2 is 1.95 bits per heavy atom. The molecule has 0 aromatic heterocycles. The van der Waals surface area contributed by atoms with Gasteiger partial charge < -0.3 is 4.74 Å². The Hall–Kier alpha value is -2.22. The molecule has 0 spiro atoms. The van der Waals surface area contributed by atoms with Gasteiger partial charge in [0.05, 0.1) is 10.8 Å². The molecule has 0 amide bonds. The number of allylic oxidation sites excluding steroid dienone is 1. The molecule has 0 fully saturated rings. The molecule has 94 valence electrons. The van der Waals surface area contributed by atoms with Crippen LogP contribution in [-0.4, -0.2) is 5.16 Å². The Kier molecular flexibility index (Phi) is 4.62. The topological polar surface area (TPSA) is 21.6 Å². The van der Waals surface area contributed by atoms with Gasteiger partial charge in [-0.3, -0.25) is 0 Å². The molecule has 0 unspecified atom stereocenters. The fraction of sp³-hybridized carbons (Fsp3) is 0.0625. The van der Waals surface area contributed by atoms with Crippen LogP contribution in [-0.2, 0) is 6.42 Å². The van der Waals surface area contributed by atoms with Crippen LogP contribution >= 0.6 is 12.2 Å². The predicted octanol–water partition coefficient (Wildman–Crippen LogP) is 4.94.